The Labute approximate surface area is 145 Å². The lowest BCUT2D eigenvalue weighted by atomic mass is 10.1. The van der Waals surface area contributed by atoms with E-state index in [4.69, 9.17) is 5.11 Å². The summed E-state index contributed by atoms with van der Waals surface area (Å²) in [6, 6.07) is 11.4. The highest BCUT2D eigenvalue weighted by Gasteiger charge is 2.15. The van der Waals surface area contributed by atoms with Gasteiger partial charge in [0.15, 0.2) is 0 Å². The van der Waals surface area contributed by atoms with Crippen molar-refractivity contribution in [3.8, 4) is 0 Å². The molecule has 0 atom stereocenters. The topological polar surface area (TPSA) is 95.5 Å². The Bertz CT molecular complexity index is 815. The zero-order chi connectivity index (χ0) is 18.4. The molecule has 0 saturated heterocycles. The molecule has 0 aliphatic heterocycles. The van der Waals surface area contributed by atoms with Gasteiger partial charge in [-0.05, 0) is 49.2 Å². The Kier molecular flexibility index (Phi) is 5.89. The minimum absolute atomic E-state index is 0.0563. The van der Waals surface area contributed by atoms with Gasteiger partial charge in [-0.1, -0.05) is 18.2 Å². The van der Waals surface area contributed by atoms with Crippen LogP contribution in [0.3, 0.4) is 0 Å². The fourth-order valence-electron chi connectivity index (χ4n) is 2.30. The van der Waals surface area contributed by atoms with Crippen LogP contribution in [-0.2, 0) is 0 Å². The molecule has 2 amide bonds. The molecule has 6 nitrogen and oxygen atoms in total. The molecule has 2 aromatic carbocycles. The zero-order valence-corrected chi connectivity index (χ0v) is 14.1. The molecule has 2 rings (SSSR count). The number of aryl methyl sites for hydroxylation is 2. The van der Waals surface area contributed by atoms with Crippen molar-refractivity contribution >= 4 is 17.8 Å². The molecule has 0 unspecified atom stereocenters. The third-order valence-electron chi connectivity index (χ3n) is 3.87. The van der Waals surface area contributed by atoms with Crippen molar-refractivity contribution < 1.29 is 19.5 Å². The predicted octanol–water partition coefficient (Wildman–Crippen LogP) is 2.16. The van der Waals surface area contributed by atoms with Gasteiger partial charge in [-0.3, -0.25) is 9.59 Å². The van der Waals surface area contributed by atoms with Crippen LogP contribution in [0.15, 0.2) is 42.5 Å². The number of amides is 2. The summed E-state index contributed by atoms with van der Waals surface area (Å²) in [5.41, 5.74) is 2.74. The Morgan fingerprint density at radius 1 is 0.840 bits per heavy atom. The van der Waals surface area contributed by atoms with Gasteiger partial charge >= 0.3 is 5.97 Å². The maximum atomic E-state index is 12.1. The molecule has 130 valence electrons. The minimum atomic E-state index is -1.16. The van der Waals surface area contributed by atoms with Crippen LogP contribution in [0.4, 0.5) is 0 Å². The van der Waals surface area contributed by atoms with E-state index >= 15 is 0 Å². The Morgan fingerprint density at radius 3 is 2.04 bits per heavy atom. The highest BCUT2D eigenvalue weighted by Crippen LogP contribution is 2.10. The van der Waals surface area contributed by atoms with Gasteiger partial charge < -0.3 is 15.7 Å². The van der Waals surface area contributed by atoms with E-state index in [-0.39, 0.29) is 30.1 Å². The summed E-state index contributed by atoms with van der Waals surface area (Å²) >= 11 is 0. The second-order valence-electron chi connectivity index (χ2n) is 5.66. The predicted molar refractivity (Wildman–Crippen MR) is 94.0 cm³/mol. The maximum absolute atomic E-state index is 12.1. The van der Waals surface area contributed by atoms with Crippen LogP contribution >= 0.6 is 0 Å². The number of rotatable bonds is 6. The average molecular weight is 340 g/mol. The smallest absolute Gasteiger partial charge is 0.336 e. The SMILES string of the molecule is Cc1ccc(C(=O)NCCNC(=O)c2ccccc2C(=O)O)cc1C. The van der Waals surface area contributed by atoms with Crippen molar-refractivity contribution in [3.05, 3.63) is 70.3 Å². The molecule has 0 spiro atoms. The second kappa shape index (κ2) is 8.10. The lowest BCUT2D eigenvalue weighted by molar-refractivity contribution is 0.0691. The molecule has 0 bridgehead atoms. The summed E-state index contributed by atoms with van der Waals surface area (Å²) < 4.78 is 0. The number of carboxylic acids is 1. The summed E-state index contributed by atoms with van der Waals surface area (Å²) in [5, 5.41) is 14.4. The van der Waals surface area contributed by atoms with E-state index in [1.165, 1.54) is 12.1 Å². The van der Waals surface area contributed by atoms with Gasteiger partial charge in [-0.2, -0.15) is 0 Å². The molecule has 0 aliphatic carbocycles. The number of carbonyl (C=O) groups is 3. The molecule has 3 N–H and O–H groups in total. The van der Waals surface area contributed by atoms with Crippen molar-refractivity contribution in [1.29, 1.82) is 0 Å². The Balaban J connectivity index is 1.87. The van der Waals surface area contributed by atoms with Gasteiger partial charge in [0.2, 0.25) is 0 Å². The molecule has 25 heavy (non-hydrogen) atoms. The van der Waals surface area contributed by atoms with Crippen LogP contribution in [0.1, 0.15) is 42.2 Å². The molecular weight excluding hydrogens is 320 g/mol. The van der Waals surface area contributed by atoms with Gasteiger partial charge in [-0.25, -0.2) is 4.79 Å². The fraction of sp³-hybridized carbons (Fsp3) is 0.211. The number of aromatic carboxylic acids is 1. The first-order valence-corrected chi connectivity index (χ1v) is 7.86. The highest BCUT2D eigenvalue weighted by molar-refractivity contribution is 6.04. The first-order chi connectivity index (χ1) is 11.9. The molecule has 0 saturated carbocycles. The molecule has 6 heteroatoms. The molecule has 0 fully saturated rings. The fourth-order valence-corrected chi connectivity index (χ4v) is 2.30. The lowest BCUT2D eigenvalue weighted by Crippen LogP contribution is -2.35. The molecule has 2 aromatic rings. The number of hydrogen-bond donors (Lipinski definition) is 3. The summed E-state index contributed by atoms with van der Waals surface area (Å²) in [5.74, 6) is -1.87. The Morgan fingerprint density at radius 2 is 1.44 bits per heavy atom. The molecular formula is C19H20N2O4. The molecule has 0 radical (unpaired) electrons. The quantitative estimate of drug-likeness (QED) is 0.702. The van der Waals surface area contributed by atoms with E-state index in [1.54, 1.807) is 18.2 Å². The van der Waals surface area contributed by atoms with Crippen molar-refractivity contribution in [2.24, 2.45) is 0 Å². The Hall–Kier alpha value is -3.15. The highest BCUT2D eigenvalue weighted by atomic mass is 16.4. The number of hydrogen-bond acceptors (Lipinski definition) is 3. The molecule has 0 aromatic heterocycles. The van der Waals surface area contributed by atoms with E-state index in [1.807, 2.05) is 26.0 Å². The van der Waals surface area contributed by atoms with Crippen molar-refractivity contribution in [2.75, 3.05) is 13.1 Å². The standard InChI is InChI=1S/C19H20N2O4/c1-12-7-8-14(11-13(12)2)17(22)20-9-10-21-18(23)15-5-3-4-6-16(15)19(24)25/h3-8,11H,9-10H2,1-2H3,(H,20,22)(H,21,23)(H,24,25). The van der Waals surface area contributed by atoms with Gasteiger partial charge in [0, 0.05) is 18.7 Å². The zero-order valence-electron chi connectivity index (χ0n) is 14.1. The van der Waals surface area contributed by atoms with Crippen LogP contribution in [0.5, 0.6) is 0 Å². The maximum Gasteiger partial charge on any atom is 0.336 e. The number of carbonyl (C=O) groups excluding carboxylic acids is 2. The normalized spacial score (nSPS) is 10.2. The van der Waals surface area contributed by atoms with Crippen molar-refractivity contribution in [1.82, 2.24) is 10.6 Å². The summed E-state index contributed by atoms with van der Waals surface area (Å²) in [6.07, 6.45) is 0. The summed E-state index contributed by atoms with van der Waals surface area (Å²) in [7, 11) is 0. The number of benzene rings is 2. The van der Waals surface area contributed by atoms with E-state index in [2.05, 4.69) is 10.6 Å². The van der Waals surface area contributed by atoms with Gasteiger partial charge in [-0.15, -0.1) is 0 Å². The third kappa shape index (κ3) is 4.67. The van der Waals surface area contributed by atoms with Crippen LogP contribution in [0.2, 0.25) is 0 Å². The van der Waals surface area contributed by atoms with E-state index in [0.29, 0.717) is 5.56 Å². The van der Waals surface area contributed by atoms with Crippen LogP contribution in [-0.4, -0.2) is 36.0 Å². The number of carboxylic acid groups (broad SMARTS) is 1. The first kappa shape index (κ1) is 18.2. The molecule has 0 heterocycles. The van der Waals surface area contributed by atoms with E-state index in [0.717, 1.165) is 11.1 Å². The van der Waals surface area contributed by atoms with Crippen molar-refractivity contribution in [2.45, 2.75) is 13.8 Å². The largest absolute Gasteiger partial charge is 0.478 e. The van der Waals surface area contributed by atoms with Gasteiger partial charge in [0.25, 0.3) is 11.8 Å². The summed E-state index contributed by atoms with van der Waals surface area (Å²) in [6.45, 7) is 4.35. The van der Waals surface area contributed by atoms with Crippen LogP contribution in [0, 0.1) is 13.8 Å². The van der Waals surface area contributed by atoms with Gasteiger partial charge in [0.05, 0.1) is 11.1 Å². The monoisotopic (exact) mass is 340 g/mol. The van der Waals surface area contributed by atoms with Crippen LogP contribution < -0.4 is 10.6 Å². The number of nitrogens with one attached hydrogen (secondary N) is 2. The summed E-state index contributed by atoms with van der Waals surface area (Å²) in [4.78, 5) is 35.3. The average Bonchev–Trinajstić information content (AvgIpc) is 2.60. The van der Waals surface area contributed by atoms with E-state index < -0.39 is 11.9 Å². The third-order valence-corrected chi connectivity index (χ3v) is 3.87. The lowest BCUT2D eigenvalue weighted by Gasteiger charge is -2.09. The molecule has 0 aliphatic rings. The second-order valence-corrected chi connectivity index (χ2v) is 5.66. The van der Waals surface area contributed by atoms with Gasteiger partial charge in [0.1, 0.15) is 0 Å². The van der Waals surface area contributed by atoms with Crippen LogP contribution in [0.25, 0.3) is 0 Å². The van der Waals surface area contributed by atoms with E-state index in [9.17, 15) is 14.4 Å². The first-order valence-electron chi connectivity index (χ1n) is 7.86. The van der Waals surface area contributed by atoms with Crippen molar-refractivity contribution in [3.63, 3.8) is 0 Å². The minimum Gasteiger partial charge on any atom is -0.478 e.